The Morgan fingerprint density at radius 2 is 2.02 bits per heavy atom. The van der Waals surface area contributed by atoms with Crippen LogP contribution in [-0.4, -0.2) is 92.5 Å². The molecule has 5 rings (SSSR count). The Morgan fingerprint density at radius 3 is 2.74 bits per heavy atom. The van der Waals surface area contributed by atoms with E-state index in [0.717, 1.165) is 25.7 Å². The number of ether oxygens (including phenoxy) is 1. The second kappa shape index (κ2) is 12.9. The molecular formula is C29H42ClF3N4O4S. The van der Waals surface area contributed by atoms with Crippen LogP contribution in [0.15, 0.2) is 4.79 Å². The third kappa shape index (κ3) is 6.98. The molecule has 1 aromatic rings. The lowest BCUT2D eigenvalue weighted by atomic mass is 9.70. The number of rotatable bonds is 8. The summed E-state index contributed by atoms with van der Waals surface area (Å²) in [6.07, 6.45) is 0.343. The average molecular weight is 635 g/mol. The van der Waals surface area contributed by atoms with E-state index in [-0.39, 0.29) is 58.7 Å². The van der Waals surface area contributed by atoms with E-state index >= 15 is 0 Å². The summed E-state index contributed by atoms with van der Waals surface area (Å²) < 4.78 is 47.0. The van der Waals surface area contributed by atoms with Crippen LogP contribution in [0.5, 0.6) is 0 Å². The molecule has 2 aliphatic carbocycles. The minimum absolute atomic E-state index is 0.0394. The monoisotopic (exact) mass is 634 g/mol. The predicted molar refractivity (Wildman–Crippen MR) is 156 cm³/mol. The van der Waals surface area contributed by atoms with Crippen molar-refractivity contribution >= 4 is 29.3 Å². The first kappa shape index (κ1) is 32.1. The fourth-order valence-electron chi connectivity index (χ4n) is 7.77. The normalized spacial score (nSPS) is 35.2. The van der Waals surface area contributed by atoms with Crippen molar-refractivity contribution in [3.63, 3.8) is 0 Å². The van der Waals surface area contributed by atoms with Crippen LogP contribution in [0.25, 0.3) is 0 Å². The van der Waals surface area contributed by atoms with Gasteiger partial charge in [0.1, 0.15) is 5.82 Å². The number of carboxylic acids is 1. The lowest BCUT2D eigenvalue weighted by Crippen LogP contribution is -2.57. The quantitative estimate of drug-likeness (QED) is 0.416. The number of carboxylic acid groups (broad SMARTS) is 1. The van der Waals surface area contributed by atoms with Crippen molar-refractivity contribution < 1.29 is 27.8 Å². The highest BCUT2D eigenvalue weighted by molar-refractivity contribution is 8.00. The Bertz CT molecular complexity index is 1200. The number of halogens is 4. The largest absolute Gasteiger partial charge is 0.481 e. The minimum Gasteiger partial charge on any atom is -0.481 e. The highest BCUT2D eigenvalue weighted by Gasteiger charge is 2.51. The number of piperidine rings is 1. The molecule has 9 unspecified atom stereocenters. The molecule has 0 bridgehead atoms. The van der Waals surface area contributed by atoms with Crippen molar-refractivity contribution in [2.75, 3.05) is 26.0 Å². The Morgan fingerprint density at radius 1 is 1.26 bits per heavy atom. The van der Waals surface area contributed by atoms with Crippen molar-refractivity contribution in [1.29, 1.82) is 0 Å². The Balaban J connectivity index is 1.27. The topological polar surface area (TPSA) is 96.7 Å². The lowest BCUT2D eigenvalue weighted by molar-refractivity contribution is -0.148. The van der Waals surface area contributed by atoms with E-state index in [0.29, 0.717) is 48.8 Å². The van der Waals surface area contributed by atoms with Gasteiger partial charge in [-0.1, -0.05) is 0 Å². The van der Waals surface area contributed by atoms with Gasteiger partial charge in [0.15, 0.2) is 0 Å². The van der Waals surface area contributed by atoms with E-state index < -0.39 is 24.6 Å². The number of fused-ring (bicyclic) bond motifs is 2. The number of aryl methyl sites for hydroxylation is 2. The average Bonchev–Trinajstić information content (AvgIpc) is 3.33. The summed E-state index contributed by atoms with van der Waals surface area (Å²) in [5.41, 5.74) is 1.01. The maximum atomic E-state index is 13.5. The third-order valence-electron chi connectivity index (χ3n) is 9.81. The number of aromatic nitrogens is 2. The van der Waals surface area contributed by atoms with E-state index in [2.05, 4.69) is 17.2 Å². The van der Waals surface area contributed by atoms with Crippen LogP contribution >= 0.6 is 23.4 Å². The highest BCUT2D eigenvalue weighted by Crippen LogP contribution is 2.48. The molecule has 236 valence electrons. The highest BCUT2D eigenvalue weighted by atomic mass is 35.5. The summed E-state index contributed by atoms with van der Waals surface area (Å²) >= 11 is 8.42. The van der Waals surface area contributed by atoms with Gasteiger partial charge in [0, 0.05) is 40.1 Å². The molecular weight excluding hydrogens is 593 g/mol. The zero-order valence-electron chi connectivity index (χ0n) is 24.4. The van der Waals surface area contributed by atoms with Gasteiger partial charge in [0.25, 0.3) is 5.56 Å². The van der Waals surface area contributed by atoms with Gasteiger partial charge in [-0.15, -0.1) is 11.6 Å². The van der Waals surface area contributed by atoms with Crippen LogP contribution in [0.3, 0.4) is 0 Å². The summed E-state index contributed by atoms with van der Waals surface area (Å²) in [6, 6.07) is -0.229. The SMILES string of the molecule is Cc1nc2c(c(=O)n1CCOC1CCC(Cl)CC1C1CC(C)NC3C(C(=O)O)CSC13)CC(N(C)CC(F)(F)F)CC2. The van der Waals surface area contributed by atoms with E-state index in [1.807, 2.05) is 0 Å². The van der Waals surface area contributed by atoms with E-state index in [1.54, 1.807) is 23.3 Å². The first-order chi connectivity index (χ1) is 19.8. The minimum atomic E-state index is -4.29. The Labute approximate surface area is 254 Å². The van der Waals surface area contributed by atoms with Gasteiger partial charge in [0.05, 0.1) is 37.4 Å². The number of likely N-dealkylation sites (N-methyl/N-ethyl adjacent to an activating group) is 1. The van der Waals surface area contributed by atoms with Crippen molar-refractivity contribution in [2.45, 2.75) is 106 Å². The second-order valence-corrected chi connectivity index (χ2v) is 14.5. The number of nitrogens with zero attached hydrogens (tertiary/aromatic N) is 3. The first-order valence-electron chi connectivity index (χ1n) is 15.0. The molecule has 8 nitrogen and oxygen atoms in total. The van der Waals surface area contributed by atoms with Crippen molar-refractivity contribution in [3.8, 4) is 0 Å². The molecule has 13 heteroatoms. The van der Waals surface area contributed by atoms with Crippen molar-refractivity contribution in [1.82, 2.24) is 19.8 Å². The van der Waals surface area contributed by atoms with Crippen molar-refractivity contribution in [2.24, 2.45) is 17.8 Å². The number of aliphatic carboxylic acids is 1. The van der Waals surface area contributed by atoms with Crippen LogP contribution in [0, 0.1) is 24.7 Å². The van der Waals surface area contributed by atoms with Gasteiger partial charge in [-0.3, -0.25) is 19.1 Å². The molecule has 2 N–H and O–H groups in total. The molecule has 42 heavy (non-hydrogen) atoms. The maximum Gasteiger partial charge on any atom is 0.401 e. The zero-order chi connectivity index (χ0) is 30.3. The van der Waals surface area contributed by atoms with Crippen LogP contribution in [0.1, 0.15) is 56.1 Å². The molecule has 3 fully saturated rings. The summed E-state index contributed by atoms with van der Waals surface area (Å²) in [4.78, 5) is 31.4. The molecule has 4 aliphatic rings. The van der Waals surface area contributed by atoms with Gasteiger partial charge in [-0.05, 0) is 77.7 Å². The third-order valence-corrected chi connectivity index (χ3v) is 11.8. The molecule has 1 saturated carbocycles. The fraction of sp³-hybridized carbons (Fsp3) is 0.828. The number of hydrogen-bond acceptors (Lipinski definition) is 7. The molecule has 0 aromatic carbocycles. The van der Waals surface area contributed by atoms with Gasteiger partial charge in [-0.25, -0.2) is 4.98 Å². The summed E-state index contributed by atoms with van der Waals surface area (Å²) in [5.74, 6) is 0.515. The number of alkyl halides is 4. The van der Waals surface area contributed by atoms with Crippen LogP contribution in [0.2, 0.25) is 0 Å². The Hall–Kier alpha value is -1.34. The van der Waals surface area contributed by atoms with Gasteiger partial charge in [0.2, 0.25) is 0 Å². The molecule has 9 atom stereocenters. The molecule has 2 aliphatic heterocycles. The second-order valence-electron chi connectivity index (χ2n) is 12.7. The standard InChI is InChI=1S/C29H42ClF3N4O4S/c1-15-10-20(26-25(34-15)22(13-42-26)28(39)40)19-11-17(30)4-7-24(19)41-9-8-37-16(2)35-23-6-5-18(12-21(23)27(37)38)36(3)14-29(31,32)33/h15,17-20,22,24-26,34H,4-14H2,1-3H3,(H,39,40). The number of nitrogens with one attached hydrogen (secondary N) is 1. The molecule has 3 heterocycles. The van der Waals surface area contributed by atoms with E-state index in [1.165, 1.54) is 11.9 Å². The predicted octanol–water partition coefficient (Wildman–Crippen LogP) is 3.88. The summed E-state index contributed by atoms with van der Waals surface area (Å²) in [5, 5.41) is 13.6. The first-order valence-corrected chi connectivity index (χ1v) is 16.5. The summed E-state index contributed by atoms with van der Waals surface area (Å²) in [7, 11) is 1.46. The molecule has 2 saturated heterocycles. The summed E-state index contributed by atoms with van der Waals surface area (Å²) in [6.45, 7) is 3.52. The van der Waals surface area contributed by atoms with Gasteiger partial charge in [-0.2, -0.15) is 24.9 Å². The molecule has 1 aromatic heterocycles. The van der Waals surface area contributed by atoms with E-state index in [4.69, 9.17) is 16.3 Å². The van der Waals surface area contributed by atoms with Gasteiger partial charge >= 0.3 is 12.1 Å². The number of hydrogen-bond donors (Lipinski definition) is 2. The fourth-order valence-corrected chi connectivity index (χ4v) is 9.92. The maximum absolute atomic E-state index is 13.5. The number of thioether (sulfide) groups is 1. The smallest absolute Gasteiger partial charge is 0.401 e. The van der Waals surface area contributed by atoms with Gasteiger partial charge < -0.3 is 15.2 Å². The Kier molecular flexibility index (Phi) is 9.89. The van der Waals surface area contributed by atoms with E-state index in [9.17, 15) is 27.9 Å². The number of carbonyl (C=O) groups is 1. The van der Waals surface area contributed by atoms with Crippen molar-refractivity contribution in [3.05, 3.63) is 27.4 Å². The van der Waals surface area contributed by atoms with Crippen LogP contribution in [-0.2, 0) is 28.9 Å². The van der Waals surface area contributed by atoms with Crippen LogP contribution < -0.4 is 10.9 Å². The molecule has 0 amide bonds. The molecule has 0 spiro atoms. The lowest BCUT2D eigenvalue weighted by Gasteiger charge is -2.47. The zero-order valence-corrected chi connectivity index (χ0v) is 26.0. The van der Waals surface area contributed by atoms with Crippen LogP contribution in [0.4, 0.5) is 13.2 Å². The molecule has 0 radical (unpaired) electrons.